The Kier molecular flexibility index (Phi) is 5.16. The Bertz CT molecular complexity index is 2590. The minimum absolute atomic E-state index is 0.370. The molecule has 0 amide bonds. The van der Waals surface area contributed by atoms with Gasteiger partial charge in [0.1, 0.15) is 22.6 Å². The van der Waals surface area contributed by atoms with Gasteiger partial charge in [-0.2, -0.15) is 0 Å². The van der Waals surface area contributed by atoms with Crippen LogP contribution in [0.5, 0.6) is 0 Å². The predicted octanol–water partition coefficient (Wildman–Crippen LogP) is 5.81. The zero-order valence-electron chi connectivity index (χ0n) is 22.6. The largest absolute Gasteiger partial charge is 0.324 e. The summed E-state index contributed by atoms with van der Waals surface area (Å²) < 4.78 is 26.1. The number of hydrogen-bond donors (Lipinski definition) is 4. The smallest absolute Gasteiger partial charge is 0.222 e. The highest BCUT2D eigenvalue weighted by molar-refractivity contribution is 7.73. The molecule has 0 unspecified atom stereocenters. The molecule has 0 radical (unpaired) electrons. The third-order valence-corrected chi connectivity index (χ3v) is 8.21. The second-order valence-corrected chi connectivity index (χ2v) is 11.1. The van der Waals surface area contributed by atoms with Crippen LogP contribution >= 0.6 is 0 Å². The molecule has 9 rings (SSSR count). The topological polar surface area (TPSA) is 155 Å². The molecule has 0 spiro atoms. The summed E-state index contributed by atoms with van der Waals surface area (Å²) in [5.41, 5.74) is 5.75. The van der Waals surface area contributed by atoms with E-state index in [1.54, 1.807) is 12.1 Å². The second kappa shape index (κ2) is 9.24. The molecule has 0 fully saturated rings. The lowest BCUT2D eigenvalue weighted by Crippen LogP contribution is -1.95. The average Bonchev–Trinajstić information content (AvgIpc) is 3.77. The molecule has 44 heavy (non-hydrogen) atoms. The Hall–Kier alpha value is -6.01. The molecule has 7 aromatic rings. The zero-order chi connectivity index (χ0) is 29.4. The third kappa shape index (κ3) is 3.71. The SMILES string of the molecule is O=[SH](=O)Nc1cccc2c3nc4nc(nc5[nH]c(nc6nc(nc([nH]3)c12)-c1ccccc1-6)c1ccccc51)-c1ccccc1-4. The van der Waals surface area contributed by atoms with Crippen LogP contribution in [-0.4, -0.2) is 48.3 Å². The number of nitrogens with zero attached hydrogens (tertiary/aromatic N) is 6. The molecule has 210 valence electrons. The molecule has 5 heterocycles. The van der Waals surface area contributed by atoms with Gasteiger partial charge in [0.15, 0.2) is 23.3 Å². The summed E-state index contributed by atoms with van der Waals surface area (Å²) in [4.78, 5) is 36.3. The average molecular weight is 594 g/mol. The Balaban J connectivity index is 1.51. The molecule has 0 aliphatic carbocycles. The molecule has 2 aliphatic heterocycles. The van der Waals surface area contributed by atoms with Crippen molar-refractivity contribution in [2.75, 3.05) is 4.72 Å². The van der Waals surface area contributed by atoms with Crippen LogP contribution in [0.2, 0.25) is 0 Å². The van der Waals surface area contributed by atoms with Crippen LogP contribution in [0.4, 0.5) is 5.69 Å². The molecular formula is C32H19N9O2S. The van der Waals surface area contributed by atoms with Crippen molar-refractivity contribution in [1.29, 1.82) is 0 Å². The van der Waals surface area contributed by atoms with E-state index in [0.717, 1.165) is 33.0 Å². The summed E-state index contributed by atoms with van der Waals surface area (Å²) in [7, 11) is -2.93. The number of benzene rings is 4. The first-order valence-corrected chi connectivity index (χ1v) is 14.9. The van der Waals surface area contributed by atoms with E-state index in [9.17, 15) is 8.42 Å². The van der Waals surface area contributed by atoms with Crippen molar-refractivity contribution in [1.82, 2.24) is 39.9 Å². The fourth-order valence-corrected chi connectivity index (χ4v) is 6.26. The quantitative estimate of drug-likeness (QED) is 0.183. The summed E-state index contributed by atoms with van der Waals surface area (Å²) in [6.45, 7) is 0. The van der Waals surface area contributed by atoms with E-state index in [0.29, 0.717) is 62.3 Å². The Labute approximate surface area is 249 Å². The van der Waals surface area contributed by atoms with E-state index in [-0.39, 0.29) is 0 Å². The lowest BCUT2D eigenvalue weighted by atomic mass is 10.1. The van der Waals surface area contributed by atoms with Gasteiger partial charge in [0.05, 0.1) is 11.1 Å². The number of nitrogens with one attached hydrogen (secondary N) is 3. The predicted molar refractivity (Wildman–Crippen MR) is 170 cm³/mol. The highest BCUT2D eigenvalue weighted by atomic mass is 32.2. The Morgan fingerprint density at radius 2 is 0.864 bits per heavy atom. The van der Waals surface area contributed by atoms with Gasteiger partial charge in [0.2, 0.25) is 10.9 Å². The summed E-state index contributed by atoms with van der Waals surface area (Å²) in [5.74, 6) is 1.90. The van der Waals surface area contributed by atoms with Crippen LogP contribution in [0.15, 0.2) is 91.0 Å². The van der Waals surface area contributed by atoms with Gasteiger partial charge in [-0.15, -0.1) is 0 Å². The van der Waals surface area contributed by atoms with Crippen LogP contribution in [0, 0.1) is 0 Å². The number of thiol groups is 1. The van der Waals surface area contributed by atoms with Crippen LogP contribution in [0.25, 0.3) is 89.7 Å². The van der Waals surface area contributed by atoms with Gasteiger partial charge in [-0.1, -0.05) is 84.9 Å². The fourth-order valence-electron chi connectivity index (χ4n) is 5.88. The molecule has 4 aromatic carbocycles. The first-order valence-electron chi connectivity index (χ1n) is 13.7. The molecular weight excluding hydrogens is 574 g/mol. The van der Waals surface area contributed by atoms with Crippen molar-refractivity contribution < 1.29 is 8.42 Å². The summed E-state index contributed by atoms with van der Waals surface area (Å²) in [5, 5.41) is 3.02. The number of hydrogen-bond acceptors (Lipinski definition) is 8. The molecule has 3 aromatic heterocycles. The van der Waals surface area contributed by atoms with Crippen molar-refractivity contribution in [3.8, 4) is 45.6 Å². The van der Waals surface area contributed by atoms with E-state index in [1.165, 1.54) is 0 Å². The molecule has 11 nitrogen and oxygen atoms in total. The van der Waals surface area contributed by atoms with Crippen molar-refractivity contribution in [3.05, 3.63) is 91.0 Å². The Morgan fingerprint density at radius 1 is 0.455 bits per heavy atom. The summed E-state index contributed by atoms with van der Waals surface area (Å²) in [6.07, 6.45) is 0. The number of aromatic amines is 2. The third-order valence-electron chi connectivity index (χ3n) is 7.79. The highest BCUT2D eigenvalue weighted by Crippen LogP contribution is 2.37. The van der Waals surface area contributed by atoms with E-state index in [4.69, 9.17) is 29.9 Å². The number of rotatable bonds is 2. The molecule has 0 saturated carbocycles. The van der Waals surface area contributed by atoms with Gasteiger partial charge < -0.3 is 9.97 Å². The van der Waals surface area contributed by atoms with Crippen LogP contribution in [0.1, 0.15) is 0 Å². The molecule has 8 bridgehead atoms. The van der Waals surface area contributed by atoms with E-state index in [2.05, 4.69) is 14.7 Å². The monoisotopic (exact) mass is 593 g/mol. The molecule has 0 saturated heterocycles. The van der Waals surface area contributed by atoms with Crippen LogP contribution in [-0.2, 0) is 10.9 Å². The number of fused-ring (bicyclic) bond motifs is 20. The van der Waals surface area contributed by atoms with Gasteiger partial charge in [-0.25, -0.2) is 38.3 Å². The first kappa shape index (κ1) is 24.6. The maximum atomic E-state index is 11.8. The lowest BCUT2D eigenvalue weighted by molar-refractivity contribution is 0.619. The van der Waals surface area contributed by atoms with Crippen molar-refractivity contribution in [3.63, 3.8) is 0 Å². The molecule has 2 aliphatic rings. The summed E-state index contributed by atoms with van der Waals surface area (Å²) >= 11 is 0. The van der Waals surface area contributed by atoms with Gasteiger partial charge >= 0.3 is 0 Å². The van der Waals surface area contributed by atoms with Crippen molar-refractivity contribution in [2.45, 2.75) is 0 Å². The second-order valence-electron chi connectivity index (χ2n) is 10.3. The van der Waals surface area contributed by atoms with Crippen LogP contribution in [0.3, 0.4) is 0 Å². The van der Waals surface area contributed by atoms with Crippen molar-refractivity contribution >= 4 is 60.7 Å². The molecule has 12 heteroatoms. The minimum atomic E-state index is -2.93. The van der Waals surface area contributed by atoms with Gasteiger partial charge in [-0.3, -0.25) is 4.72 Å². The van der Waals surface area contributed by atoms with E-state index < -0.39 is 10.9 Å². The van der Waals surface area contributed by atoms with E-state index >= 15 is 0 Å². The number of anilines is 1. The zero-order valence-corrected chi connectivity index (χ0v) is 23.5. The minimum Gasteiger partial charge on any atom is -0.324 e. The number of aromatic nitrogens is 8. The highest BCUT2D eigenvalue weighted by Gasteiger charge is 2.22. The standard InChI is InChI=1S/C32H19N9O2S/c42-44(43)41-23-15-7-14-22-24(23)32-39-30-21-13-6-5-12-20(21)28(37-30)35-26-17-9-2-1-8-16(17)25(33-26)34-27-18-10-3-4-11-19(18)29(36-27)38-31(22)40-32/h1-15,44H,(H,41,42,43)(H2,33,34,35,36,37,38,39,40). The van der Waals surface area contributed by atoms with Gasteiger partial charge in [0, 0.05) is 38.4 Å². The van der Waals surface area contributed by atoms with E-state index in [1.807, 2.05) is 78.9 Å². The Morgan fingerprint density at radius 3 is 1.36 bits per heavy atom. The maximum Gasteiger partial charge on any atom is 0.222 e. The summed E-state index contributed by atoms with van der Waals surface area (Å²) in [6, 6.07) is 28.8. The lowest BCUT2D eigenvalue weighted by Gasteiger charge is -2.01. The first-order chi connectivity index (χ1) is 21.6. The van der Waals surface area contributed by atoms with Crippen molar-refractivity contribution in [2.24, 2.45) is 0 Å². The fraction of sp³-hybridized carbons (Fsp3) is 0. The molecule has 0 atom stereocenters. The molecule has 3 N–H and O–H groups in total. The number of H-pyrrole nitrogens is 2. The maximum absolute atomic E-state index is 11.8. The van der Waals surface area contributed by atoms with Crippen LogP contribution < -0.4 is 4.72 Å². The van der Waals surface area contributed by atoms with Gasteiger partial charge in [-0.05, 0) is 6.07 Å². The normalized spacial score (nSPS) is 12.0. The van der Waals surface area contributed by atoms with Gasteiger partial charge in [0.25, 0.3) is 0 Å².